The summed E-state index contributed by atoms with van der Waals surface area (Å²) in [4.78, 5) is 14.2. The van der Waals surface area contributed by atoms with Crippen molar-refractivity contribution in [3.8, 4) is 11.5 Å². The fourth-order valence-corrected chi connectivity index (χ4v) is 2.90. The number of ether oxygens (including phenoxy) is 1. The molecule has 6 heteroatoms. The van der Waals surface area contributed by atoms with Gasteiger partial charge in [0.15, 0.2) is 5.54 Å². The summed E-state index contributed by atoms with van der Waals surface area (Å²) in [6, 6.07) is 4.82. The van der Waals surface area contributed by atoms with Crippen molar-refractivity contribution in [2.24, 2.45) is 5.73 Å². The number of hydrogen-bond acceptors (Lipinski definition) is 5. The standard InChI is InChI=1S/C13H17N3O3/c14-12(18)13(16-5-3-15-4-6-16)8-19-11-7-9(17)1-2-10(11)13/h1-2,7,15,17H,3-6,8H2,(H2,14,18). The van der Waals surface area contributed by atoms with E-state index in [0.29, 0.717) is 5.75 Å². The van der Waals surface area contributed by atoms with E-state index in [4.69, 9.17) is 10.5 Å². The Balaban J connectivity index is 2.06. The molecule has 1 atom stereocenters. The number of fused-ring (bicyclic) bond motifs is 1. The molecule has 0 aromatic heterocycles. The van der Waals surface area contributed by atoms with Crippen LogP contribution in [0.15, 0.2) is 18.2 Å². The summed E-state index contributed by atoms with van der Waals surface area (Å²) in [5.74, 6) is 0.260. The van der Waals surface area contributed by atoms with Crippen LogP contribution in [0.3, 0.4) is 0 Å². The third-order valence-corrected chi connectivity index (χ3v) is 3.91. The number of carbonyl (C=O) groups excluding carboxylic acids is 1. The molecule has 1 aromatic rings. The number of phenolic OH excluding ortho intramolecular Hbond substituents is 1. The number of nitrogens with one attached hydrogen (secondary N) is 1. The highest BCUT2D eigenvalue weighted by Gasteiger charge is 2.51. The molecule has 102 valence electrons. The van der Waals surface area contributed by atoms with Crippen LogP contribution in [-0.4, -0.2) is 48.7 Å². The van der Waals surface area contributed by atoms with Crippen molar-refractivity contribution in [3.05, 3.63) is 23.8 Å². The molecule has 3 rings (SSSR count). The second-order valence-corrected chi connectivity index (χ2v) is 4.93. The fourth-order valence-electron chi connectivity index (χ4n) is 2.90. The van der Waals surface area contributed by atoms with Crippen LogP contribution in [-0.2, 0) is 10.3 Å². The molecular weight excluding hydrogens is 246 g/mol. The Kier molecular flexibility index (Phi) is 2.83. The molecule has 1 saturated heterocycles. The summed E-state index contributed by atoms with van der Waals surface area (Å²) >= 11 is 0. The van der Waals surface area contributed by atoms with Gasteiger partial charge >= 0.3 is 0 Å². The smallest absolute Gasteiger partial charge is 0.246 e. The Labute approximate surface area is 111 Å². The van der Waals surface area contributed by atoms with Crippen LogP contribution >= 0.6 is 0 Å². The fraction of sp³-hybridized carbons (Fsp3) is 0.462. The van der Waals surface area contributed by atoms with Gasteiger partial charge in [-0.2, -0.15) is 0 Å². The third kappa shape index (κ3) is 1.75. The first kappa shape index (κ1) is 12.3. The minimum Gasteiger partial charge on any atom is -0.508 e. The van der Waals surface area contributed by atoms with Gasteiger partial charge in [0, 0.05) is 37.8 Å². The highest BCUT2D eigenvalue weighted by Crippen LogP contribution is 2.42. The molecule has 2 aliphatic heterocycles. The van der Waals surface area contributed by atoms with E-state index < -0.39 is 11.4 Å². The first-order valence-electron chi connectivity index (χ1n) is 6.36. The second kappa shape index (κ2) is 4.40. The minimum atomic E-state index is -0.912. The van der Waals surface area contributed by atoms with Crippen molar-refractivity contribution in [2.45, 2.75) is 5.54 Å². The lowest BCUT2D eigenvalue weighted by Gasteiger charge is -2.40. The molecule has 19 heavy (non-hydrogen) atoms. The Morgan fingerprint density at radius 1 is 1.42 bits per heavy atom. The number of primary amides is 1. The Hall–Kier alpha value is -1.79. The van der Waals surface area contributed by atoms with E-state index in [2.05, 4.69) is 10.2 Å². The number of hydrogen-bond donors (Lipinski definition) is 3. The lowest BCUT2D eigenvalue weighted by molar-refractivity contribution is -0.132. The van der Waals surface area contributed by atoms with Crippen LogP contribution in [0, 0.1) is 0 Å². The number of carbonyl (C=O) groups is 1. The van der Waals surface area contributed by atoms with Crippen LogP contribution in [0.25, 0.3) is 0 Å². The van der Waals surface area contributed by atoms with Crippen LogP contribution in [0.5, 0.6) is 11.5 Å². The molecule has 1 fully saturated rings. The number of rotatable bonds is 2. The molecule has 0 saturated carbocycles. The molecule has 2 aliphatic rings. The number of piperazine rings is 1. The number of aromatic hydroxyl groups is 1. The maximum Gasteiger partial charge on any atom is 0.246 e. The van der Waals surface area contributed by atoms with Crippen LogP contribution < -0.4 is 15.8 Å². The van der Waals surface area contributed by atoms with Crippen molar-refractivity contribution >= 4 is 5.91 Å². The van der Waals surface area contributed by atoms with Gasteiger partial charge < -0.3 is 20.9 Å². The SMILES string of the molecule is NC(=O)C1(N2CCNCC2)COc2cc(O)ccc21. The summed E-state index contributed by atoms with van der Waals surface area (Å²) in [5, 5.41) is 12.7. The van der Waals surface area contributed by atoms with Gasteiger partial charge in [-0.3, -0.25) is 9.69 Å². The summed E-state index contributed by atoms with van der Waals surface area (Å²) in [6.07, 6.45) is 0. The molecule has 6 nitrogen and oxygen atoms in total. The third-order valence-electron chi connectivity index (χ3n) is 3.91. The summed E-state index contributed by atoms with van der Waals surface area (Å²) in [6.45, 7) is 3.34. The van der Waals surface area contributed by atoms with Gasteiger partial charge in [0.05, 0.1) is 0 Å². The first-order valence-corrected chi connectivity index (χ1v) is 6.36. The molecule has 0 bridgehead atoms. The number of nitrogens with two attached hydrogens (primary N) is 1. The predicted octanol–water partition coefficient (Wildman–Crippen LogP) is -0.630. The Morgan fingerprint density at radius 2 is 2.16 bits per heavy atom. The van der Waals surface area contributed by atoms with Gasteiger partial charge in [-0.1, -0.05) is 0 Å². The number of amides is 1. The predicted molar refractivity (Wildman–Crippen MR) is 68.9 cm³/mol. The van der Waals surface area contributed by atoms with Gasteiger partial charge in [0.25, 0.3) is 0 Å². The zero-order valence-corrected chi connectivity index (χ0v) is 10.6. The van der Waals surface area contributed by atoms with Gasteiger partial charge in [-0.25, -0.2) is 0 Å². The van der Waals surface area contributed by atoms with Crippen molar-refractivity contribution in [1.29, 1.82) is 0 Å². The van der Waals surface area contributed by atoms with Gasteiger partial charge in [-0.15, -0.1) is 0 Å². The van der Waals surface area contributed by atoms with Crippen molar-refractivity contribution in [1.82, 2.24) is 10.2 Å². The average molecular weight is 263 g/mol. The van der Waals surface area contributed by atoms with E-state index >= 15 is 0 Å². The Bertz CT molecular complexity index is 514. The quantitative estimate of drug-likeness (QED) is 0.661. The number of benzene rings is 1. The van der Waals surface area contributed by atoms with Crippen molar-refractivity contribution < 1.29 is 14.6 Å². The maximum absolute atomic E-state index is 12.1. The van der Waals surface area contributed by atoms with E-state index in [1.54, 1.807) is 12.1 Å². The highest BCUT2D eigenvalue weighted by molar-refractivity contribution is 5.88. The minimum absolute atomic E-state index is 0.124. The first-order chi connectivity index (χ1) is 9.14. The van der Waals surface area contributed by atoms with Crippen LogP contribution in [0.1, 0.15) is 5.56 Å². The second-order valence-electron chi connectivity index (χ2n) is 4.93. The topological polar surface area (TPSA) is 87.8 Å². The monoisotopic (exact) mass is 263 g/mol. The van der Waals surface area contributed by atoms with Gasteiger partial charge in [-0.05, 0) is 12.1 Å². The van der Waals surface area contributed by atoms with E-state index in [0.717, 1.165) is 31.7 Å². The van der Waals surface area contributed by atoms with E-state index in [1.165, 1.54) is 6.07 Å². The molecule has 0 spiro atoms. The van der Waals surface area contributed by atoms with E-state index in [1.807, 2.05) is 0 Å². The molecule has 1 amide bonds. The number of nitrogens with zero attached hydrogens (tertiary/aromatic N) is 1. The maximum atomic E-state index is 12.1. The largest absolute Gasteiger partial charge is 0.508 e. The lowest BCUT2D eigenvalue weighted by atomic mass is 9.88. The van der Waals surface area contributed by atoms with E-state index in [-0.39, 0.29) is 12.4 Å². The lowest BCUT2D eigenvalue weighted by Crippen LogP contribution is -2.61. The summed E-state index contributed by atoms with van der Waals surface area (Å²) in [5.41, 5.74) is 5.51. The van der Waals surface area contributed by atoms with Gasteiger partial charge in [0.1, 0.15) is 18.1 Å². The molecule has 2 heterocycles. The molecule has 0 aliphatic carbocycles. The number of phenols is 1. The average Bonchev–Trinajstić information content (AvgIpc) is 2.79. The Morgan fingerprint density at radius 3 is 2.84 bits per heavy atom. The van der Waals surface area contributed by atoms with Gasteiger partial charge in [0.2, 0.25) is 5.91 Å². The molecule has 1 unspecified atom stereocenters. The molecular formula is C13H17N3O3. The van der Waals surface area contributed by atoms with Crippen LogP contribution in [0.2, 0.25) is 0 Å². The van der Waals surface area contributed by atoms with Crippen molar-refractivity contribution in [3.63, 3.8) is 0 Å². The van der Waals surface area contributed by atoms with E-state index in [9.17, 15) is 9.90 Å². The molecule has 4 N–H and O–H groups in total. The zero-order chi connectivity index (χ0) is 13.5. The summed E-state index contributed by atoms with van der Waals surface area (Å²) < 4.78 is 5.59. The highest BCUT2D eigenvalue weighted by atomic mass is 16.5. The molecule has 1 aromatic carbocycles. The normalized spacial score (nSPS) is 26.7. The summed E-state index contributed by atoms with van der Waals surface area (Å²) in [7, 11) is 0. The van der Waals surface area contributed by atoms with Crippen LogP contribution in [0.4, 0.5) is 0 Å². The molecule has 0 radical (unpaired) electrons. The van der Waals surface area contributed by atoms with Crippen molar-refractivity contribution in [2.75, 3.05) is 32.8 Å². The zero-order valence-electron chi connectivity index (χ0n) is 10.6.